The van der Waals surface area contributed by atoms with E-state index in [9.17, 15) is 9.18 Å². The summed E-state index contributed by atoms with van der Waals surface area (Å²) in [7, 11) is 0. The average molecular weight is 467 g/mol. The van der Waals surface area contributed by atoms with Crippen molar-refractivity contribution in [2.75, 3.05) is 11.9 Å². The van der Waals surface area contributed by atoms with Crippen molar-refractivity contribution in [2.45, 2.75) is 18.9 Å². The minimum atomic E-state index is -0.338. The van der Waals surface area contributed by atoms with Gasteiger partial charge in [0, 0.05) is 15.2 Å². The number of ketones is 1. The Morgan fingerprint density at radius 3 is 3.04 bits per heavy atom. The van der Waals surface area contributed by atoms with Gasteiger partial charge in [0.05, 0.1) is 17.3 Å². The Kier molecular flexibility index (Phi) is 4.70. The quantitative estimate of drug-likeness (QED) is 0.431. The summed E-state index contributed by atoms with van der Waals surface area (Å²) in [6, 6.07) is 8.53. The second-order valence-electron chi connectivity index (χ2n) is 5.92. The molecule has 1 saturated heterocycles. The molecule has 0 spiro atoms. The summed E-state index contributed by atoms with van der Waals surface area (Å²) >= 11 is 3.45. The van der Waals surface area contributed by atoms with Crippen molar-refractivity contribution < 1.29 is 9.18 Å². The first-order valence-corrected chi connectivity index (χ1v) is 9.90. The maximum atomic E-state index is 14.2. The Morgan fingerprint density at radius 2 is 2.28 bits per heavy atom. The third kappa shape index (κ3) is 3.28. The third-order valence-electron chi connectivity index (χ3n) is 4.27. The van der Waals surface area contributed by atoms with Crippen LogP contribution in [0.15, 0.2) is 36.5 Å². The Morgan fingerprint density at radius 1 is 1.40 bits per heavy atom. The van der Waals surface area contributed by atoms with E-state index < -0.39 is 0 Å². The normalized spacial score (nSPS) is 17.1. The highest BCUT2D eigenvalue weighted by molar-refractivity contribution is 14.1. The molecular weight excluding hydrogens is 452 g/mol. The summed E-state index contributed by atoms with van der Waals surface area (Å²) < 4.78 is 15.1. The van der Waals surface area contributed by atoms with Gasteiger partial charge in [-0.15, -0.1) is 0 Å². The SMILES string of the molecule is O=C(c1c(Nc2ccc(I)cc2F)sc2ncccc12)C1CCCN1. The first-order chi connectivity index (χ1) is 12.1. The molecule has 3 aromatic rings. The van der Waals surface area contributed by atoms with E-state index in [4.69, 9.17) is 0 Å². The monoisotopic (exact) mass is 467 g/mol. The lowest BCUT2D eigenvalue weighted by atomic mass is 10.0. The number of thiophene rings is 1. The van der Waals surface area contributed by atoms with E-state index in [-0.39, 0.29) is 17.6 Å². The molecule has 1 fully saturated rings. The lowest BCUT2D eigenvalue weighted by Crippen LogP contribution is -2.30. The van der Waals surface area contributed by atoms with E-state index in [2.05, 4.69) is 38.2 Å². The van der Waals surface area contributed by atoms with Crippen LogP contribution in [0.25, 0.3) is 10.2 Å². The molecule has 0 amide bonds. The molecule has 1 atom stereocenters. The van der Waals surface area contributed by atoms with Crippen LogP contribution in [0.1, 0.15) is 23.2 Å². The van der Waals surface area contributed by atoms with Gasteiger partial charge < -0.3 is 10.6 Å². The Bertz CT molecular complexity index is 953. The number of nitrogens with one attached hydrogen (secondary N) is 2. The lowest BCUT2D eigenvalue weighted by molar-refractivity contribution is 0.0955. The smallest absolute Gasteiger partial charge is 0.183 e. The van der Waals surface area contributed by atoms with Crippen LogP contribution in [0.5, 0.6) is 0 Å². The highest BCUT2D eigenvalue weighted by Gasteiger charge is 2.28. The highest BCUT2D eigenvalue weighted by atomic mass is 127. The molecule has 128 valence electrons. The largest absolute Gasteiger partial charge is 0.344 e. The van der Waals surface area contributed by atoms with Crippen molar-refractivity contribution in [1.82, 2.24) is 10.3 Å². The zero-order valence-corrected chi connectivity index (χ0v) is 16.2. The number of halogens is 2. The van der Waals surface area contributed by atoms with E-state index in [1.54, 1.807) is 12.3 Å². The number of rotatable bonds is 4. The third-order valence-corrected chi connectivity index (χ3v) is 5.97. The molecule has 0 aliphatic carbocycles. The molecule has 0 bridgehead atoms. The van der Waals surface area contributed by atoms with E-state index in [0.717, 1.165) is 33.2 Å². The fourth-order valence-corrected chi connectivity index (χ4v) is 4.57. The molecule has 4 nitrogen and oxygen atoms in total. The van der Waals surface area contributed by atoms with Gasteiger partial charge in [0.25, 0.3) is 0 Å². The van der Waals surface area contributed by atoms with Crippen LogP contribution in [0.2, 0.25) is 0 Å². The van der Waals surface area contributed by atoms with Gasteiger partial charge in [0.2, 0.25) is 0 Å². The number of carbonyl (C=O) groups excluding carboxylic acids is 1. The van der Waals surface area contributed by atoms with Gasteiger partial charge in [-0.3, -0.25) is 4.79 Å². The minimum Gasteiger partial charge on any atom is -0.344 e. The number of anilines is 2. The Hall–Kier alpha value is -1.58. The van der Waals surface area contributed by atoms with Crippen molar-refractivity contribution in [2.24, 2.45) is 0 Å². The van der Waals surface area contributed by atoms with Crippen molar-refractivity contribution in [3.63, 3.8) is 0 Å². The van der Waals surface area contributed by atoms with Gasteiger partial charge in [-0.05, 0) is 72.3 Å². The number of hydrogen-bond acceptors (Lipinski definition) is 5. The maximum Gasteiger partial charge on any atom is 0.183 e. The molecule has 3 heterocycles. The van der Waals surface area contributed by atoms with Crippen molar-refractivity contribution in [3.05, 3.63) is 51.5 Å². The summed E-state index contributed by atoms with van der Waals surface area (Å²) in [6.45, 7) is 0.852. The number of hydrogen-bond donors (Lipinski definition) is 2. The zero-order valence-electron chi connectivity index (χ0n) is 13.2. The number of benzene rings is 1. The van der Waals surface area contributed by atoms with Crippen LogP contribution >= 0.6 is 33.9 Å². The topological polar surface area (TPSA) is 54.0 Å². The molecule has 1 aromatic carbocycles. The van der Waals surface area contributed by atoms with Crippen LogP contribution in [-0.4, -0.2) is 23.4 Å². The second-order valence-corrected chi connectivity index (χ2v) is 8.17. The molecule has 0 saturated carbocycles. The van der Waals surface area contributed by atoms with Gasteiger partial charge in [-0.2, -0.15) is 0 Å². The number of fused-ring (bicyclic) bond motifs is 1. The van der Waals surface area contributed by atoms with Gasteiger partial charge in [-0.25, -0.2) is 9.37 Å². The van der Waals surface area contributed by atoms with Crippen molar-refractivity contribution >= 4 is 60.6 Å². The van der Waals surface area contributed by atoms with Crippen LogP contribution in [0.4, 0.5) is 15.1 Å². The summed E-state index contributed by atoms with van der Waals surface area (Å²) in [5.74, 6) is -0.292. The van der Waals surface area contributed by atoms with E-state index in [0.29, 0.717) is 16.3 Å². The van der Waals surface area contributed by atoms with Crippen LogP contribution in [-0.2, 0) is 0 Å². The molecule has 1 aliphatic rings. The van der Waals surface area contributed by atoms with E-state index in [1.165, 1.54) is 17.4 Å². The summed E-state index contributed by atoms with van der Waals surface area (Å²) in [5.41, 5.74) is 0.964. The number of pyridine rings is 1. The van der Waals surface area contributed by atoms with Gasteiger partial charge in [0.15, 0.2) is 5.78 Å². The first-order valence-electron chi connectivity index (χ1n) is 8.00. The fraction of sp³-hybridized carbons (Fsp3) is 0.222. The number of carbonyl (C=O) groups is 1. The fourth-order valence-electron chi connectivity index (χ4n) is 3.06. The summed E-state index contributed by atoms with van der Waals surface area (Å²) in [4.78, 5) is 18.2. The van der Waals surface area contributed by atoms with Crippen molar-refractivity contribution in [1.29, 1.82) is 0 Å². The molecule has 1 aliphatic heterocycles. The Balaban J connectivity index is 1.79. The van der Waals surface area contributed by atoms with Crippen LogP contribution in [0, 0.1) is 9.39 Å². The van der Waals surface area contributed by atoms with Gasteiger partial charge >= 0.3 is 0 Å². The predicted molar refractivity (Wildman–Crippen MR) is 107 cm³/mol. The zero-order chi connectivity index (χ0) is 17.4. The molecule has 0 radical (unpaired) electrons. The standard InChI is InChI=1S/C18H15FIN3OS/c19-12-9-10(20)5-6-13(12)23-18-15(16(24)14-4-2-7-21-14)11-3-1-8-22-17(11)25-18/h1,3,5-6,8-9,14,21,23H,2,4,7H2. The first kappa shape index (κ1) is 16.9. The highest BCUT2D eigenvalue weighted by Crippen LogP contribution is 2.38. The Labute approximate surface area is 162 Å². The second kappa shape index (κ2) is 6.97. The average Bonchev–Trinajstić information content (AvgIpc) is 3.24. The van der Waals surface area contributed by atoms with Gasteiger partial charge in [-0.1, -0.05) is 11.3 Å². The molecule has 4 rings (SSSR count). The van der Waals surface area contributed by atoms with Crippen LogP contribution < -0.4 is 10.6 Å². The predicted octanol–water partition coefficient (Wildman–Crippen LogP) is 4.72. The molecule has 25 heavy (non-hydrogen) atoms. The van der Waals surface area contributed by atoms with E-state index >= 15 is 0 Å². The van der Waals surface area contributed by atoms with E-state index in [1.807, 2.05) is 18.2 Å². The maximum absolute atomic E-state index is 14.2. The number of aromatic nitrogens is 1. The van der Waals surface area contributed by atoms with Gasteiger partial charge in [0.1, 0.15) is 15.6 Å². The molecule has 2 N–H and O–H groups in total. The molecular formula is C18H15FIN3OS. The van der Waals surface area contributed by atoms with Crippen molar-refractivity contribution in [3.8, 4) is 0 Å². The molecule has 2 aromatic heterocycles. The number of nitrogens with zero attached hydrogens (tertiary/aromatic N) is 1. The molecule has 1 unspecified atom stereocenters. The lowest BCUT2D eigenvalue weighted by Gasteiger charge is -2.12. The molecule has 7 heteroatoms. The van der Waals surface area contributed by atoms with Crippen LogP contribution in [0.3, 0.4) is 0 Å². The summed E-state index contributed by atoms with van der Waals surface area (Å²) in [5, 5.41) is 7.83. The number of Topliss-reactive ketones (excluding diaryl/α,β-unsaturated/α-hetero) is 1. The summed E-state index contributed by atoms with van der Waals surface area (Å²) in [6.07, 6.45) is 3.52. The minimum absolute atomic E-state index is 0.0465.